The Labute approximate surface area is 138 Å². The Balaban J connectivity index is 2.13. The topological polar surface area (TPSA) is 43.6 Å². The van der Waals surface area contributed by atoms with Gasteiger partial charge in [0.1, 0.15) is 5.75 Å². The van der Waals surface area contributed by atoms with Crippen LogP contribution in [0.2, 0.25) is 0 Å². The van der Waals surface area contributed by atoms with E-state index >= 15 is 0 Å². The van der Waals surface area contributed by atoms with E-state index in [4.69, 9.17) is 4.74 Å². The molecule has 2 aromatic carbocycles. The van der Waals surface area contributed by atoms with Crippen LogP contribution in [-0.2, 0) is 6.54 Å². The average molecular weight is 326 g/mol. The summed E-state index contributed by atoms with van der Waals surface area (Å²) in [6.07, 6.45) is 0.977. The lowest BCUT2D eigenvalue weighted by molar-refractivity contribution is 0.0998. The van der Waals surface area contributed by atoms with Gasteiger partial charge in [-0.05, 0) is 36.8 Å². The number of fused-ring (bicyclic) bond motifs is 1. The van der Waals surface area contributed by atoms with Gasteiger partial charge < -0.3 is 9.30 Å². The number of nitrogens with zero attached hydrogens (tertiary/aromatic N) is 2. The monoisotopic (exact) mass is 326 g/mol. The van der Waals surface area contributed by atoms with Crippen molar-refractivity contribution in [2.45, 2.75) is 19.9 Å². The molecule has 4 nitrogen and oxygen atoms in total. The van der Waals surface area contributed by atoms with E-state index in [0.717, 1.165) is 33.7 Å². The van der Waals surface area contributed by atoms with Crippen molar-refractivity contribution in [3.8, 4) is 5.75 Å². The zero-order valence-electron chi connectivity index (χ0n) is 13.2. The number of rotatable bonds is 4. The van der Waals surface area contributed by atoms with Crippen molar-refractivity contribution in [2.24, 2.45) is 4.99 Å². The van der Waals surface area contributed by atoms with E-state index in [2.05, 4.69) is 16.5 Å². The molecule has 5 heteroatoms. The summed E-state index contributed by atoms with van der Waals surface area (Å²) in [6, 6.07) is 15.1. The molecule has 0 aliphatic heterocycles. The third-order valence-electron chi connectivity index (χ3n) is 3.56. The van der Waals surface area contributed by atoms with Crippen LogP contribution in [0.25, 0.3) is 10.2 Å². The molecule has 0 saturated heterocycles. The number of hydrogen-bond acceptors (Lipinski definition) is 3. The van der Waals surface area contributed by atoms with E-state index in [1.54, 1.807) is 19.2 Å². The summed E-state index contributed by atoms with van der Waals surface area (Å²) in [5.41, 5.74) is 1.68. The van der Waals surface area contributed by atoms with Crippen LogP contribution in [0.5, 0.6) is 5.75 Å². The zero-order chi connectivity index (χ0) is 16.2. The second kappa shape index (κ2) is 6.79. The SMILES string of the molecule is CCCn1c(=NC(=O)c2ccccc2)sc2cc(OC)ccc21. The van der Waals surface area contributed by atoms with Crippen LogP contribution in [0.4, 0.5) is 0 Å². The lowest BCUT2D eigenvalue weighted by Crippen LogP contribution is -2.16. The van der Waals surface area contributed by atoms with Crippen LogP contribution in [0.3, 0.4) is 0 Å². The van der Waals surface area contributed by atoms with Crippen LogP contribution in [0.1, 0.15) is 23.7 Å². The lowest BCUT2D eigenvalue weighted by Gasteiger charge is -2.03. The van der Waals surface area contributed by atoms with Crippen molar-refractivity contribution in [2.75, 3.05) is 7.11 Å². The van der Waals surface area contributed by atoms with Crippen molar-refractivity contribution < 1.29 is 9.53 Å². The molecule has 1 aromatic heterocycles. The minimum Gasteiger partial charge on any atom is -0.497 e. The third kappa shape index (κ3) is 3.19. The quantitative estimate of drug-likeness (QED) is 0.730. The van der Waals surface area contributed by atoms with Crippen molar-refractivity contribution in [1.29, 1.82) is 0 Å². The van der Waals surface area contributed by atoms with Crippen LogP contribution in [0, 0.1) is 0 Å². The Morgan fingerprint density at radius 2 is 2.00 bits per heavy atom. The summed E-state index contributed by atoms with van der Waals surface area (Å²) >= 11 is 1.51. The molecule has 0 bridgehead atoms. The smallest absolute Gasteiger partial charge is 0.279 e. The molecule has 0 N–H and O–H groups in total. The fourth-order valence-corrected chi connectivity index (χ4v) is 3.52. The standard InChI is InChI=1S/C18H18N2O2S/c1-3-11-20-15-10-9-14(22-2)12-16(15)23-18(20)19-17(21)13-7-5-4-6-8-13/h4-10,12H,3,11H2,1-2H3. The highest BCUT2D eigenvalue weighted by Crippen LogP contribution is 2.23. The molecular weight excluding hydrogens is 308 g/mol. The van der Waals surface area contributed by atoms with Gasteiger partial charge in [0.25, 0.3) is 5.91 Å². The van der Waals surface area contributed by atoms with Gasteiger partial charge in [-0.1, -0.05) is 36.5 Å². The number of carbonyl (C=O) groups is 1. The molecule has 0 radical (unpaired) electrons. The molecule has 118 valence electrons. The van der Waals surface area contributed by atoms with Gasteiger partial charge in [-0.25, -0.2) is 0 Å². The largest absolute Gasteiger partial charge is 0.497 e. The predicted molar refractivity (Wildman–Crippen MR) is 93.0 cm³/mol. The Kier molecular flexibility index (Phi) is 4.57. The maximum absolute atomic E-state index is 12.4. The van der Waals surface area contributed by atoms with E-state index in [9.17, 15) is 4.79 Å². The maximum atomic E-state index is 12.4. The molecule has 0 spiro atoms. The summed E-state index contributed by atoms with van der Waals surface area (Å²) in [5.74, 6) is 0.595. The van der Waals surface area contributed by atoms with Gasteiger partial charge in [0, 0.05) is 12.1 Å². The summed E-state index contributed by atoms with van der Waals surface area (Å²) in [7, 11) is 1.65. The molecule has 3 aromatic rings. The van der Waals surface area contributed by atoms with Gasteiger partial charge in [0.2, 0.25) is 0 Å². The van der Waals surface area contributed by atoms with Gasteiger partial charge in [0.15, 0.2) is 4.80 Å². The molecule has 23 heavy (non-hydrogen) atoms. The first-order valence-corrected chi connectivity index (χ1v) is 8.36. The summed E-state index contributed by atoms with van der Waals surface area (Å²) < 4.78 is 8.45. The molecule has 0 aliphatic carbocycles. The number of carbonyl (C=O) groups excluding carboxylic acids is 1. The summed E-state index contributed by atoms with van der Waals surface area (Å²) in [4.78, 5) is 17.4. The van der Waals surface area contributed by atoms with Crippen molar-refractivity contribution in [3.05, 3.63) is 58.9 Å². The van der Waals surface area contributed by atoms with Crippen molar-refractivity contribution >= 4 is 27.5 Å². The second-order valence-electron chi connectivity index (χ2n) is 5.15. The lowest BCUT2D eigenvalue weighted by atomic mass is 10.2. The number of hydrogen-bond donors (Lipinski definition) is 0. The molecule has 0 unspecified atom stereocenters. The highest BCUT2D eigenvalue weighted by atomic mass is 32.1. The first-order valence-electron chi connectivity index (χ1n) is 7.54. The Hall–Kier alpha value is -2.40. The summed E-state index contributed by atoms with van der Waals surface area (Å²) in [6.45, 7) is 2.94. The number of aromatic nitrogens is 1. The van der Waals surface area contributed by atoms with Gasteiger partial charge in [0.05, 0.1) is 17.3 Å². The molecule has 0 fully saturated rings. The third-order valence-corrected chi connectivity index (χ3v) is 4.60. The minimum absolute atomic E-state index is 0.214. The molecule has 1 amide bonds. The minimum atomic E-state index is -0.214. The number of ether oxygens (including phenoxy) is 1. The van der Waals surface area contributed by atoms with E-state index < -0.39 is 0 Å². The number of thiazole rings is 1. The molecule has 3 rings (SSSR count). The van der Waals surface area contributed by atoms with E-state index in [1.807, 2.05) is 36.4 Å². The molecule has 0 aliphatic rings. The Morgan fingerprint density at radius 3 is 2.70 bits per heavy atom. The second-order valence-corrected chi connectivity index (χ2v) is 6.16. The molecule has 0 saturated carbocycles. The maximum Gasteiger partial charge on any atom is 0.279 e. The van der Waals surface area contributed by atoms with Crippen molar-refractivity contribution in [3.63, 3.8) is 0 Å². The highest BCUT2D eigenvalue weighted by molar-refractivity contribution is 7.16. The normalized spacial score (nSPS) is 11.8. The van der Waals surface area contributed by atoms with E-state index in [1.165, 1.54) is 11.3 Å². The molecular formula is C18H18N2O2S. The van der Waals surface area contributed by atoms with Crippen LogP contribution in [0.15, 0.2) is 53.5 Å². The highest BCUT2D eigenvalue weighted by Gasteiger charge is 2.09. The average Bonchev–Trinajstić information content (AvgIpc) is 2.92. The van der Waals surface area contributed by atoms with Gasteiger partial charge in [-0.15, -0.1) is 0 Å². The first kappa shape index (κ1) is 15.5. The number of benzene rings is 2. The summed E-state index contributed by atoms with van der Waals surface area (Å²) in [5, 5.41) is 0. The van der Waals surface area contributed by atoms with Crippen LogP contribution < -0.4 is 9.54 Å². The van der Waals surface area contributed by atoms with E-state index in [0.29, 0.717) is 5.56 Å². The zero-order valence-corrected chi connectivity index (χ0v) is 14.0. The van der Waals surface area contributed by atoms with Gasteiger partial charge >= 0.3 is 0 Å². The number of methoxy groups -OCH3 is 1. The first-order chi connectivity index (χ1) is 11.2. The Morgan fingerprint density at radius 1 is 1.22 bits per heavy atom. The van der Waals surface area contributed by atoms with Gasteiger partial charge in [-0.2, -0.15) is 4.99 Å². The molecule has 0 atom stereocenters. The van der Waals surface area contributed by atoms with Crippen LogP contribution in [-0.4, -0.2) is 17.6 Å². The number of amides is 1. The number of aryl methyl sites for hydroxylation is 1. The predicted octanol–water partition coefficient (Wildman–Crippen LogP) is 3.86. The molecule has 1 heterocycles. The van der Waals surface area contributed by atoms with Gasteiger partial charge in [-0.3, -0.25) is 4.79 Å². The van der Waals surface area contributed by atoms with Crippen molar-refractivity contribution in [1.82, 2.24) is 4.57 Å². The van der Waals surface area contributed by atoms with Crippen LogP contribution >= 0.6 is 11.3 Å². The fraction of sp³-hybridized carbons (Fsp3) is 0.222. The van der Waals surface area contributed by atoms with E-state index in [-0.39, 0.29) is 5.91 Å². The Bertz CT molecular complexity index is 894. The fourth-order valence-electron chi connectivity index (χ4n) is 2.44.